The van der Waals surface area contributed by atoms with Crippen molar-refractivity contribution >= 4 is 35.1 Å². The van der Waals surface area contributed by atoms with Gasteiger partial charge in [0.15, 0.2) is 0 Å². The van der Waals surface area contributed by atoms with E-state index in [0.29, 0.717) is 36.4 Å². The van der Waals surface area contributed by atoms with Crippen molar-refractivity contribution in [2.75, 3.05) is 24.3 Å². The third-order valence-electron chi connectivity index (χ3n) is 5.77. The van der Waals surface area contributed by atoms with Crippen LogP contribution in [-0.4, -0.2) is 47.8 Å². The van der Waals surface area contributed by atoms with E-state index in [9.17, 15) is 19.2 Å². The van der Waals surface area contributed by atoms with Gasteiger partial charge in [-0.2, -0.15) is 0 Å². The Hall–Kier alpha value is -3.88. The fourth-order valence-electron chi connectivity index (χ4n) is 4.26. The number of imide groups is 1. The van der Waals surface area contributed by atoms with Crippen molar-refractivity contribution in [1.82, 2.24) is 10.2 Å². The highest BCUT2D eigenvalue weighted by Crippen LogP contribution is 2.34. The Labute approximate surface area is 185 Å². The first-order valence-corrected chi connectivity index (χ1v) is 10.3. The number of benzene rings is 2. The minimum absolute atomic E-state index is 0.258. The lowest BCUT2D eigenvalue weighted by Crippen LogP contribution is -2.51. The second-order valence-corrected chi connectivity index (χ2v) is 7.99. The molecule has 1 fully saturated rings. The molecular weight excluding hydrogens is 412 g/mol. The number of fused-ring (bicyclic) bond motifs is 1. The molecule has 1 saturated heterocycles. The predicted molar refractivity (Wildman–Crippen MR) is 117 cm³/mol. The first kappa shape index (κ1) is 21.4. The average Bonchev–Trinajstić information content (AvgIpc) is 2.97. The van der Waals surface area contributed by atoms with Crippen LogP contribution in [0.2, 0.25) is 0 Å². The standard InChI is InChI=1S/C23H24N4O5/c1-14(28)24-17-7-8-19(32-2)18(11-17)25-20(29)13-27-21(30)23(26-22(27)31)10-9-15-5-3-4-6-16(15)12-23/h3-8,11H,9-10,12-13H2,1-2H3,(H,24,28)(H,25,29)(H,26,31). The molecule has 1 heterocycles. The molecule has 2 aromatic carbocycles. The molecule has 1 spiro atoms. The van der Waals surface area contributed by atoms with Crippen LogP contribution in [-0.2, 0) is 27.2 Å². The van der Waals surface area contributed by atoms with Gasteiger partial charge in [0.25, 0.3) is 5.91 Å². The van der Waals surface area contributed by atoms with Crippen molar-refractivity contribution < 1.29 is 23.9 Å². The van der Waals surface area contributed by atoms with Crippen LogP contribution >= 0.6 is 0 Å². The minimum Gasteiger partial charge on any atom is -0.495 e. The molecule has 1 aliphatic carbocycles. The van der Waals surface area contributed by atoms with Gasteiger partial charge in [0, 0.05) is 19.0 Å². The lowest BCUT2D eigenvalue weighted by atomic mass is 9.78. The molecule has 166 valence electrons. The summed E-state index contributed by atoms with van der Waals surface area (Å²) < 4.78 is 5.25. The predicted octanol–water partition coefficient (Wildman–Crippen LogP) is 2.07. The molecule has 1 aliphatic heterocycles. The minimum atomic E-state index is -1.02. The van der Waals surface area contributed by atoms with E-state index in [1.54, 1.807) is 18.2 Å². The number of nitrogens with zero attached hydrogens (tertiary/aromatic N) is 1. The van der Waals surface area contributed by atoms with E-state index in [1.807, 2.05) is 24.3 Å². The summed E-state index contributed by atoms with van der Waals surface area (Å²) in [6.07, 6.45) is 1.56. The summed E-state index contributed by atoms with van der Waals surface area (Å²) in [6.45, 7) is 0.946. The number of nitrogens with one attached hydrogen (secondary N) is 3. The summed E-state index contributed by atoms with van der Waals surface area (Å²) >= 11 is 0. The maximum absolute atomic E-state index is 13.2. The van der Waals surface area contributed by atoms with Gasteiger partial charge in [-0.25, -0.2) is 4.79 Å². The Bertz CT molecular complexity index is 1120. The molecule has 4 rings (SSSR count). The molecule has 2 aliphatic rings. The maximum atomic E-state index is 13.2. The molecule has 9 heteroatoms. The van der Waals surface area contributed by atoms with Crippen LogP contribution in [0.5, 0.6) is 5.75 Å². The van der Waals surface area contributed by atoms with Gasteiger partial charge in [-0.15, -0.1) is 0 Å². The van der Waals surface area contributed by atoms with Crippen LogP contribution in [0.4, 0.5) is 16.2 Å². The van der Waals surface area contributed by atoms with E-state index in [4.69, 9.17) is 4.74 Å². The van der Waals surface area contributed by atoms with E-state index < -0.39 is 29.9 Å². The van der Waals surface area contributed by atoms with Crippen LogP contribution in [0.15, 0.2) is 42.5 Å². The van der Waals surface area contributed by atoms with Crippen LogP contribution < -0.4 is 20.7 Å². The fourth-order valence-corrected chi connectivity index (χ4v) is 4.26. The smallest absolute Gasteiger partial charge is 0.325 e. The molecule has 3 N–H and O–H groups in total. The molecule has 1 atom stereocenters. The first-order chi connectivity index (χ1) is 15.3. The largest absolute Gasteiger partial charge is 0.495 e. The van der Waals surface area contributed by atoms with Crippen molar-refractivity contribution in [3.63, 3.8) is 0 Å². The van der Waals surface area contributed by atoms with Gasteiger partial charge in [0.1, 0.15) is 17.8 Å². The van der Waals surface area contributed by atoms with Gasteiger partial charge in [-0.05, 0) is 42.2 Å². The first-order valence-electron chi connectivity index (χ1n) is 10.3. The van der Waals surface area contributed by atoms with Gasteiger partial charge in [-0.1, -0.05) is 24.3 Å². The lowest BCUT2D eigenvalue weighted by molar-refractivity contribution is -0.134. The summed E-state index contributed by atoms with van der Waals surface area (Å²) in [4.78, 5) is 50.7. The molecule has 5 amide bonds. The molecule has 9 nitrogen and oxygen atoms in total. The number of hydrogen-bond acceptors (Lipinski definition) is 5. The highest BCUT2D eigenvalue weighted by Gasteiger charge is 2.52. The Morgan fingerprint density at radius 3 is 2.59 bits per heavy atom. The number of ether oxygens (including phenoxy) is 1. The molecule has 0 saturated carbocycles. The van der Waals surface area contributed by atoms with Crippen molar-refractivity contribution in [3.05, 3.63) is 53.6 Å². The van der Waals surface area contributed by atoms with Gasteiger partial charge in [0.05, 0.1) is 12.8 Å². The molecule has 2 aromatic rings. The maximum Gasteiger partial charge on any atom is 0.325 e. The molecule has 0 radical (unpaired) electrons. The number of rotatable bonds is 5. The van der Waals surface area contributed by atoms with E-state index in [0.717, 1.165) is 10.5 Å². The van der Waals surface area contributed by atoms with E-state index in [-0.39, 0.29) is 5.91 Å². The average molecular weight is 436 g/mol. The topological polar surface area (TPSA) is 117 Å². The highest BCUT2D eigenvalue weighted by molar-refractivity contribution is 6.10. The molecule has 0 bridgehead atoms. The van der Waals surface area contributed by atoms with Crippen LogP contribution in [0.25, 0.3) is 0 Å². The Kier molecular flexibility index (Phi) is 5.56. The van der Waals surface area contributed by atoms with Crippen molar-refractivity contribution in [2.24, 2.45) is 0 Å². The zero-order chi connectivity index (χ0) is 22.9. The number of amides is 5. The number of carbonyl (C=O) groups excluding carboxylic acids is 4. The number of hydrogen-bond donors (Lipinski definition) is 3. The van der Waals surface area contributed by atoms with E-state index >= 15 is 0 Å². The van der Waals surface area contributed by atoms with Crippen molar-refractivity contribution in [2.45, 2.75) is 31.7 Å². The SMILES string of the molecule is COc1ccc(NC(C)=O)cc1NC(=O)CN1C(=O)NC2(CCc3ccccc3C2)C1=O. The molecule has 0 aromatic heterocycles. The molecular formula is C23H24N4O5. The summed E-state index contributed by atoms with van der Waals surface area (Å²) in [5.74, 6) is -0.831. The summed E-state index contributed by atoms with van der Waals surface area (Å²) in [6, 6.07) is 12.1. The Morgan fingerprint density at radius 1 is 1.12 bits per heavy atom. The van der Waals surface area contributed by atoms with Gasteiger partial charge >= 0.3 is 6.03 Å². The Morgan fingerprint density at radius 2 is 1.88 bits per heavy atom. The Balaban J connectivity index is 1.48. The number of methoxy groups -OCH3 is 1. The third-order valence-corrected chi connectivity index (χ3v) is 5.77. The third kappa shape index (κ3) is 4.01. The summed E-state index contributed by atoms with van der Waals surface area (Å²) in [5.41, 5.74) is 1.97. The van der Waals surface area contributed by atoms with Crippen molar-refractivity contribution in [1.29, 1.82) is 0 Å². The highest BCUT2D eigenvalue weighted by atomic mass is 16.5. The van der Waals surface area contributed by atoms with E-state index in [2.05, 4.69) is 16.0 Å². The van der Waals surface area contributed by atoms with E-state index in [1.165, 1.54) is 19.6 Å². The summed E-state index contributed by atoms with van der Waals surface area (Å²) in [5, 5.41) is 8.11. The van der Waals surface area contributed by atoms with Gasteiger partial charge in [0.2, 0.25) is 11.8 Å². The normalized spacial score (nSPS) is 19.4. The number of carbonyl (C=O) groups is 4. The quantitative estimate of drug-likeness (QED) is 0.621. The van der Waals surface area contributed by atoms with Gasteiger partial charge < -0.3 is 20.7 Å². The second kappa shape index (κ2) is 8.33. The number of aryl methyl sites for hydroxylation is 1. The monoisotopic (exact) mass is 436 g/mol. The second-order valence-electron chi connectivity index (χ2n) is 7.99. The molecule has 1 unspecified atom stereocenters. The number of urea groups is 1. The van der Waals surface area contributed by atoms with Crippen LogP contribution in [0, 0.1) is 0 Å². The van der Waals surface area contributed by atoms with Crippen LogP contribution in [0.1, 0.15) is 24.5 Å². The van der Waals surface area contributed by atoms with Crippen LogP contribution in [0.3, 0.4) is 0 Å². The summed E-state index contributed by atoms with van der Waals surface area (Å²) in [7, 11) is 1.45. The zero-order valence-corrected chi connectivity index (χ0v) is 17.9. The number of anilines is 2. The zero-order valence-electron chi connectivity index (χ0n) is 17.9. The lowest BCUT2D eigenvalue weighted by Gasteiger charge is -2.32. The van der Waals surface area contributed by atoms with Gasteiger partial charge in [-0.3, -0.25) is 19.3 Å². The van der Waals surface area contributed by atoms with Crippen molar-refractivity contribution in [3.8, 4) is 5.75 Å². The molecule has 32 heavy (non-hydrogen) atoms. The fraction of sp³-hybridized carbons (Fsp3) is 0.304.